The third-order valence-corrected chi connectivity index (χ3v) is 3.77. The average Bonchev–Trinajstić information content (AvgIpc) is 2.46. The van der Waals surface area contributed by atoms with Gasteiger partial charge in [0.15, 0.2) is 0 Å². The van der Waals surface area contributed by atoms with E-state index in [1.807, 2.05) is 30.3 Å². The van der Waals surface area contributed by atoms with Gasteiger partial charge in [-0.05, 0) is 24.8 Å². The van der Waals surface area contributed by atoms with Gasteiger partial charge in [-0.3, -0.25) is 0 Å². The Labute approximate surface area is 121 Å². The van der Waals surface area contributed by atoms with Gasteiger partial charge in [-0.25, -0.2) is 4.79 Å². The molecule has 2 atom stereocenters. The van der Waals surface area contributed by atoms with Crippen molar-refractivity contribution in [2.75, 3.05) is 0 Å². The second-order valence-corrected chi connectivity index (χ2v) is 5.41. The smallest absolute Gasteiger partial charge is 0.335 e. The van der Waals surface area contributed by atoms with Crippen LogP contribution in [0.4, 0.5) is 18.0 Å². The summed E-state index contributed by atoms with van der Waals surface area (Å²) in [4.78, 5) is 11.7. The SMILES string of the molecule is O=C(NCc1ccccc1)N[C@@H]1CCC[C@H](C(F)(F)F)C1. The summed E-state index contributed by atoms with van der Waals surface area (Å²) in [5, 5.41) is 5.31. The molecule has 2 amide bonds. The molecule has 21 heavy (non-hydrogen) atoms. The number of nitrogens with one attached hydrogen (secondary N) is 2. The van der Waals surface area contributed by atoms with Crippen molar-refractivity contribution in [3.05, 3.63) is 35.9 Å². The highest BCUT2D eigenvalue weighted by atomic mass is 19.4. The van der Waals surface area contributed by atoms with Crippen molar-refractivity contribution in [1.29, 1.82) is 0 Å². The third-order valence-electron chi connectivity index (χ3n) is 3.77. The maximum absolute atomic E-state index is 12.7. The molecule has 2 N–H and O–H groups in total. The van der Waals surface area contributed by atoms with E-state index in [1.54, 1.807) is 0 Å². The molecule has 1 aliphatic carbocycles. The van der Waals surface area contributed by atoms with E-state index in [0.29, 0.717) is 19.4 Å². The van der Waals surface area contributed by atoms with Crippen molar-refractivity contribution < 1.29 is 18.0 Å². The van der Waals surface area contributed by atoms with Gasteiger partial charge in [0.1, 0.15) is 0 Å². The summed E-state index contributed by atoms with van der Waals surface area (Å²) in [6, 6.07) is 8.55. The zero-order valence-electron chi connectivity index (χ0n) is 11.6. The number of benzene rings is 1. The molecule has 0 aromatic heterocycles. The minimum atomic E-state index is -4.17. The number of hydrogen-bond donors (Lipinski definition) is 2. The molecular formula is C15H19F3N2O. The summed E-state index contributed by atoms with van der Waals surface area (Å²) in [7, 11) is 0. The van der Waals surface area contributed by atoms with Gasteiger partial charge in [0.05, 0.1) is 5.92 Å². The molecule has 6 heteroatoms. The van der Waals surface area contributed by atoms with E-state index in [2.05, 4.69) is 10.6 Å². The average molecular weight is 300 g/mol. The van der Waals surface area contributed by atoms with Gasteiger partial charge in [0.2, 0.25) is 0 Å². The summed E-state index contributed by atoms with van der Waals surface area (Å²) in [6.45, 7) is 0.363. The predicted octanol–water partition coefficient (Wildman–Crippen LogP) is 3.61. The van der Waals surface area contributed by atoms with Crippen LogP contribution in [-0.2, 0) is 6.54 Å². The Hall–Kier alpha value is -1.72. The minimum absolute atomic E-state index is 0.0255. The molecule has 0 radical (unpaired) electrons. The summed E-state index contributed by atoms with van der Waals surface area (Å²) >= 11 is 0. The molecule has 3 nitrogen and oxygen atoms in total. The predicted molar refractivity (Wildman–Crippen MR) is 73.6 cm³/mol. The molecule has 0 spiro atoms. The highest BCUT2D eigenvalue weighted by molar-refractivity contribution is 5.74. The van der Waals surface area contributed by atoms with Crippen LogP contribution in [0, 0.1) is 5.92 Å². The maximum Gasteiger partial charge on any atom is 0.391 e. The van der Waals surface area contributed by atoms with Crippen molar-refractivity contribution in [1.82, 2.24) is 10.6 Å². The Morgan fingerprint density at radius 1 is 1.19 bits per heavy atom. The quantitative estimate of drug-likeness (QED) is 0.879. The van der Waals surface area contributed by atoms with Crippen LogP contribution in [0.15, 0.2) is 30.3 Å². The molecule has 1 aromatic rings. The first-order valence-electron chi connectivity index (χ1n) is 7.10. The normalized spacial score (nSPS) is 22.6. The maximum atomic E-state index is 12.7. The Morgan fingerprint density at radius 2 is 1.90 bits per heavy atom. The first-order valence-corrected chi connectivity index (χ1v) is 7.10. The molecular weight excluding hydrogens is 281 g/mol. The van der Waals surface area contributed by atoms with Crippen LogP contribution in [0.2, 0.25) is 0 Å². The van der Waals surface area contributed by atoms with Crippen LogP contribution in [0.5, 0.6) is 0 Å². The number of hydrogen-bond acceptors (Lipinski definition) is 1. The highest BCUT2D eigenvalue weighted by Crippen LogP contribution is 2.37. The van der Waals surface area contributed by atoms with Gasteiger partial charge in [-0.2, -0.15) is 13.2 Å². The lowest BCUT2D eigenvalue weighted by molar-refractivity contribution is -0.183. The van der Waals surface area contributed by atoms with Gasteiger partial charge in [-0.1, -0.05) is 36.8 Å². The molecule has 0 unspecified atom stereocenters. The molecule has 1 fully saturated rings. The Balaban J connectivity index is 1.77. The Bertz CT molecular complexity index is 462. The molecule has 0 bridgehead atoms. The van der Waals surface area contributed by atoms with Gasteiger partial charge >= 0.3 is 12.2 Å². The first-order chi connectivity index (χ1) is 9.95. The van der Waals surface area contributed by atoms with E-state index in [9.17, 15) is 18.0 Å². The second-order valence-electron chi connectivity index (χ2n) is 5.41. The Morgan fingerprint density at radius 3 is 2.57 bits per heavy atom. The third kappa shape index (κ3) is 4.95. The molecule has 0 heterocycles. The molecule has 1 saturated carbocycles. The summed E-state index contributed by atoms with van der Waals surface area (Å²) in [5.41, 5.74) is 0.949. The molecule has 0 saturated heterocycles. The van der Waals surface area contributed by atoms with Crippen molar-refractivity contribution in [3.63, 3.8) is 0 Å². The number of alkyl halides is 3. The fourth-order valence-corrected chi connectivity index (χ4v) is 2.63. The van der Waals surface area contributed by atoms with Crippen LogP contribution in [0.3, 0.4) is 0 Å². The lowest BCUT2D eigenvalue weighted by Crippen LogP contribution is -2.45. The number of urea groups is 1. The summed E-state index contributed by atoms with van der Waals surface area (Å²) < 4.78 is 38.1. The largest absolute Gasteiger partial charge is 0.391 e. The number of carbonyl (C=O) groups is 1. The fraction of sp³-hybridized carbons (Fsp3) is 0.533. The van der Waals surface area contributed by atoms with Gasteiger partial charge < -0.3 is 10.6 Å². The van der Waals surface area contributed by atoms with Crippen LogP contribution < -0.4 is 10.6 Å². The summed E-state index contributed by atoms with van der Waals surface area (Å²) in [6.07, 6.45) is -2.93. The highest BCUT2D eigenvalue weighted by Gasteiger charge is 2.42. The second kappa shape index (κ2) is 6.83. The molecule has 116 valence electrons. The Kier molecular flexibility index (Phi) is 5.09. The van der Waals surface area contributed by atoms with Gasteiger partial charge in [0.25, 0.3) is 0 Å². The van der Waals surface area contributed by atoms with Gasteiger partial charge in [-0.15, -0.1) is 0 Å². The van der Waals surface area contributed by atoms with Crippen LogP contribution >= 0.6 is 0 Å². The number of carbonyl (C=O) groups excluding carboxylic acids is 1. The van der Waals surface area contributed by atoms with Crippen LogP contribution in [0.25, 0.3) is 0 Å². The van der Waals surface area contributed by atoms with Crippen molar-refractivity contribution in [3.8, 4) is 0 Å². The number of halogens is 3. The van der Waals surface area contributed by atoms with E-state index in [0.717, 1.165) is 5.56 Å². The molecule has 1 aliphatic rings. The van der Waals surface area contributed by atoms with E-state index in [1.165, 1.54) is 0 Å². The fourth-order valence-electron chi connectivity index (χ4n) is 2.63. The molecule has 2 rings (SSSR count). The topological polar surface area (TPSA) is 41.1 Å². The van der Waals surface area contributed by atoms with Gasteiger partial charge in [0, 0.05) is 12.6 Å². The van der Waals surface area contributed by atoms with Crippen LogP contribution in [0.1, 0.15) is 31.2 Å². The lowest BCUT2D eigenvalue weighted by atomic mass is 9.85. The van der Waals surface area contributed by atoms with Crippen LogP contribution in [-0.4, -0.2) is 18.2 Å². The zero-order valence-corrected chi connectivity index (χ0v) is 11.6. The minimum Gasteiger partial charge on any atom is -0.335 e. The van der Waals surface area contributed by atoms with E-state index >= 15 is 0 Å². The van der Waals surface area contributed by atoms with Crippen molar-refractivity contribution in [2.24, 2.45) is 5.92 Å². The summed E-state index contributed by atoms with van der Waals surface area (Å²) in [5.74, 6) is -1.30. The first kappa shape index (κ1) is 15.7. The van der Waals surface area contributed by atoms with Crippen molar-refractivity contribution in [2.45, 2.75) is 44.4 Å². The lowest BCUT2D eigenvalue weighted by Gasteiger charge is -2.31. The zero-order chi connectivity index (χ0) is 15.3. The van der Waals surface area contributed by atoms with E-state index in [4.69, 9.17) is 0 Å². The monoisotopic (exact) mass is 300 g/mol. The number of amides is 2. The standard InChI is InChI=1S/C15H19F3N2O/c16-15(17,18)12-7-4-8-13(9-12)20-14(21)19-10-11-5-2-1-3-6-11/h1-3,5-6,12-13H,4,7-10H2,(H2,19,20,21)/t12-,13+/m0/s1. The van der Waals surface area contributed by atoms with Crippen molar-refractivity contribution >= 4 is 6.03 Å². The number of rotatable bonds is 3. The molecule has 1 aromatic carbocycles. The van der Waals surface area contributed by atoms with E-state index in [-0.39, 0.29) is 12.8 Å². The van der Waals surface area contributed by atoms with E-state index < -0.39 is 24.2 Å². The molecule has 0 aliphatic heterocycles.